The summed E-state index contributed by atoms with van der Waals surface area (Å²) in [5.74, 6) is 4.54. The number of nitrogens with zero attached hydrogens (tertiary/aromatic N) is 4. The number of imidazole rings is 2. The van der Waals surface area contributed by atoms with Gasteiger partial charge >= 0.3 is 0 Å². The van der Waals surface area contributed by atoms with Crippen LogP contribution in [0.2, 0.25) is 0 Å². The van der Waals surface area contributed by atoms with Crippen molar-refractivity contribution in [3.05, 3.63) is 218 Å². The van der Waals surface area contributed by atoms with Crippen molar-refractivity contribution in [1.82, 2.24) is 18.5 Å². The number of aromatic nitrogens is 4. The SMILES string of the molecule is c1ccc(-n2c3ccccc3c3ccc4c(nc5n(-c6ccc7c(c6)Oc6cccc8c6B7c6ccccc6[Si]86c7ccccc7B7c8ccccc8Oc8cccc6c87)c6ccccc6n45)c32)cc1. The Hall–Kier alpha value is -8.78. The summed E-state index contributed by atoms with van der Waals surface area (Å²) in [6.07, 6.45) is 0. The van der Waals surface area contributed by atoms with Crippen molar-refractivity contribution in [2.24, 2.45) is 0 Å². The molecule has 1 atom stereocenters. The second kappa shape index (κ2) is 13.3. The maximum Gasteiger partial charge on any atom is 0.250 e. The summed E-state index contributed by atoms with van der Waals surface area (Å²) in [5.41, 5.74) is 16.3. The highest BCUT2D eigenvalue weighted by Crippen LogP contribution is 2.39. The van der Waals surface area contributed by atoms with Crippen LogP contribution in [0.25, 0.3) is 61.0 Å². The highest BCUT2D eigenvalue weighted by Gasteiger charge is 2.58. The summed E-state index contributed by atoms with van der Waals surface area (Å²) in [7, 11) is -2.97. The number of hydrogen-bond acceptors (Lipinski definition) is 3. The zero-order valence-corrected chi connectivity index (χ0v) is 38.5. The number of ether oxygens (including phenoxy) is 2. The third kappa shape index (κ3) is 4.46. The minimum Gasteiger partial charge on any atom is -0.458 e. The molecule has 70 heavy (non-hydrogen) atoms. The van der Waals surface area contributed by atoms with Gasteiger partial charge in [-0.05, 0) is 109 Å². The van der Waals surface area contributed by atoms with Crippen LogP contribution < -0.4 is 63.0 Å². The highest BCUT2D eigenvalue weighted by molar-refractivity contribution is 7.31. The van der Waals surface area contributed by atoms with Gasteiger partial charge in [0.2, 0.25) is 5.78 Å². The zero-order valence-electron chi connectivity index (χ0n) is 37.5. The molecule has 6 nitrogen and oxygen atoms in total. The van der Waals surface area contributed by atoms with Gasteiger partial charge in [0.25, 0.3) is 13.4 Å². The molecule has 10 aromatic carbocycles. The van der Waals surface area contributed by atoms with E-state index in [4.69, 9.17) is 14.5 Å². The minimum atomic E-state index is -2.97. The van der Waals surface area contributed by atoms with Crippen LogP contribution in [0.3, 0.4) is 0 Å². The topological polar surface area (TPSA) is 45.6 Å². The summed E-state index contributed by atoms with van der Waals surface area (Å²) in [6.45, 7) is 0.0533. The minimum absolute atomic E-state index is 0.0247. The lowest BCUT2D eigenvalue weighted by Crippen LogP contribution is -2.93. The van der Waals surface area contributed by atoms with Crippen LogP contribution in [0.15, 0.2) is 218 Å². The standard InChI is InChI=1S/C61H36B2N4O2Si/c1-2-16-37(17-3-1)65-45-22-8-4-18-39(45)40-33-35-48-59(60(40)65)64-61-66(46-23-9-10-24-47(46)67(48)61)38-32-34-42-52(36-38)69-51-27-15-31-56-58(51)63(42)44-21-7-13-29-54(44)70(56)53-28-12-6-20-43(53)62-41-19-5-11-25-49(41)68-50-26-14-30-55(70)57(50)62/h1-36H. The second-order valence-corrected chi connectivity index (χ2v) is 22.9. The van der Waals surface area contributed by atoms with Crippen LogP contribution in [0, 0.1) is 0 Å². The molecule has 0 N–H and O–H groups in total. The molecule has 0 amide bonds. The Morgan fingerprint density at radius 1 is 0.371 bits per heavy atom. The summed E-state index contributed by atoms with van der Waals surface area (Å²) in [6, 6.07) is 80.3. The normalized spacial score (nSPS) is 15.7. The van der Waals surface area contributed by atoms with Crippen molar-refractivity contribution in [1.29, 1.82) is 0 Å². The van der Waals surface area contributed by atoms with E-state index in [0.29, 0.717) is 0 Å². The molecule has 0 radical (unpaired) electrons. The van der Waals surface area contributed by atoms with Gasteiger partial charge in [0.15, 0.2) is 8.07 Å². The Morgan fingerprint density at radius 2 is 0.943 bits per heavy atom. The third-order valence-electron chi connectivity index (χ3n) is 16.1. The van der Waals surface area contributed by atoms with Crippen LogP contribution >= 0.6 is 0 Å². The molecule has 3 aromatic heterocycles. The predicted octanol–water partition coefficient (Wildman–Crippen LogP) is 6.78. The largest absolute Gasteiger partial charge is 0.458 e. The van der Waals surface area contributed by atoms with E-state index in [2.05, 4.69) is 232 Å². The first-order valence-corrected chi connectivity index (χ1v) is 26.2. The first-order chi connectivity index (χ1) is 34.8. The molecule has 0 fully saturated rings. The number of hydrogen-bond donors (Lipinski definition) is 0. The molecular weight excluding hydrogens is 870 g/mol. The van der Waals surface area contributed by atoms with Crippen LogP contribution in [-0.4, -0.2) is 40.0 Å². The maximum atomic E-state index is 7.30. The fourth-order valence-corrected chi connectivity index (χ4v) is 19.4. The fourth-order valence-electron chi connectivity index (χ4n) is 13.6. The van der Waals surface area contributed by atoms with Crippen molar-refractivity contribution in [2.75, 3.05) is 0 Å². The number of para-hydroxylation sites is 5. The van der Waals surface area contributed by atoms with Gasteiger partial charge in [-0.2, -0.15) is 0 Å². The van der Waals surface area contributed by atoms with E-state index in [9.17, 15) is 0 Å². The highest BCUT2D eigenvalue weighted by atomic mass is 28.3. The van der Waals surface area contributed by atoms with Gasteiger partial charge in [-0.25, -0.2) is 4.98 Å². The first kappa shape index (κ1) is 37.2. The molecule has 17 rings (SSSR count). The lowest BCUT2D eigenvalue weighted by Gasteiger charge is -2.49. The van der Waals surface area contributed by atoms with Crippen molar-refractivity contribution in [3.8, 4) is 34.4 Å². The van der Waals surface area contributed by atoms with Gasteiger partial charge in [0.1, 0.15) is 28.5 Å². The van der Waals surface area contributed by atoms with Gasteiger partial charge < -0.3 is 14.0 Å². The van der Waals surface area contributed by atoms with E-state index in [1.807, 2.05) is 0 Å². The van der Waals surface area contributed by atoms with E-state index >= 15 is 0 Å². The smallest absolute Gasteiger partial charge is 0.250 e. The summed E-state index contributed by atoms with van der Waals surface area (Å²) < 4.78 is 21.2. The molecule has 0 bridgehead atoms. The van der Waals surface area contributed by atoms with Gasteiger partial charge in [0.05, 0.1) is 33.3 Å². The monoisotopic (exact) mass is 906 g/mol. The van der Waals surface area contributed by atoms with Crippen LogP contribution in [0.5, 0.6) is 23.0 Å². The lowest BCUT2D eigenvalue weighted by molar-refractivity contribution is 0.487. The molecule has 0 saturated heterocycles. The van der Waals surface area contributed by atoms with Crippen molar-refractivity contribution >= 4 is 125 Å². The number of benzene rings is 10. The van der Waals surface area contributed by atoms with Gasteiger partial charge in [-0.15, -0.1) is 0 Å². The molecule has 9 heteroatoms. The van der Waals surface area contributed by atoms with Crippen molar-refractivity contribution in [2.45, 2.75) is 0 Å². The summed E-state index contributed by atoms with van der Waals surface area (Å²) in [5, 5.41) is 8.06. The molecule has 1 unspecified atom stereocenters. The molecule has 4 aliphatic rings. The molecule has 322 valence electrons. The Morgan fingerprint density at radius 3 is 1.69 bits per heavy atom. The zero-order chi connectivity index (χ0) is 45.4. The van der Waals surface area contributed by atoms with Gasteiger partial charge in [-0.3, -0.25) is 8.97 Å². The molecule has 4 aliphatic heterocycles. The van der Waals surface area contributed by atoms with E-state index in [0.717, 1.165) is 73.3 Å². The number of fused-ring (bicyclic) bond motifs is 21. The number of rotatable bonds is 2. The maximum absolute atomic E-state index is 7.30. The molecule has 7 heterocycles. The van der Waals surface area contributed by atoms with E-state index in [1.54, 1.807) is 0 Å². The fraction of sp³-hybridized carbons (Fsp3) is 0. The quantitative estimate of drug-likeness (QED) is 0.180. The Bertz CT molecular complexity index is 4480. The molecular formula is C61H36B2N4O2Si. The van der Waals surface area contributed by atoms with E-state index in [-0.39, 0.29) is 13.4 Å². The molecule has 0 saturated carbocycles. The van der Waals surface area contributed by atoms with Gasteiger partial charge in [-0.1, -0.05) is 157 Å². The van der Waals surface area contributed by atoms with Crippen molar-refractivity contribution < 1.29 is 9.47 Å². The Kier molecular flexibility index (Phi) is 7.05. The van der Waals surface area contributed by atoms with Crippen LogP contribution in [-0.2, 0) is 0 Å². The molecule has 1 spiro atoms. The second-order valence-electron chi connectivity index (χ2n) is 19.3. The van der Waals surface area contributed by atoms with Crippen LogP contribution in [0.1, 0.15) is 0 Å². The van der Waals surface area contributed by atoms with Crippen LogP contribution in [0.4, 0.5) is 0 Å². The summed E-state index contributed by atoms with van der Waals surface area (Å²) >= 11 is 0. The average molecular weight is 907 g/mol. The average Bonchev–Trinajstić information content (AvgIpc) is 4.08. The lowest BCUT2D eigenvalue weighted by atomic mass is 9.35. The summed E-state index contributed by atoms with van der Waals surface area (Å²) in [4.78, 5) is 5.65. The van der Waals surface area contributed by atoms with E-state index < -0.39 is 8.07 Å². The van der Waals surface area contributed by atoms with E-state index in [1.165, 1.54) is 64.3 Å². The Balaban J connectivity index is 0.890. The van der Waals surface area contributed by atoms with Crippen molar-refractivity contribution in [3.63, 3.8) is 0 Å². The Labute approximate surface area is 403 Å². The molecule has 13 aromatic rings. The predicted molar refractivity (Wildman–Crippen MR) is 290 cm³/mol. The third-order valence-corrected chi connectivity index (χ3v) is 21.1. The van der Waals surface area contributed by atoms with Gasteiger partial charge in [0, 0.05) is 22.5 Å². The first-order valence-electron chi connectivity index (χ1n) is 24.2. The molecule has 0 aliphatic carbocycles.